The highest BCUT2D eigenvalue weighted by molar-refractivity contribution is 9.10. The first-order valence-electron chi connectivity index (χ1n) is 6.08. The highest BCUT2D eigenvalue weighted by Crippen LogP contribution is 2.32. The number of aromatic nitrogens is 1. The summed E-state index contributed by atoms with van der Waals surface area (Å²) in [6.07, 6.45) is 1.12. The number of pyridine rings is 1. The van der Waals surface area contributed by atoms with Crippen molar-refractivity contribution in [1.29, 1.82) is 0 Å². The Labute approximate surface area is 130 Å². The van der Waals surface area contributed by atoms with Crippen LogP contribution in [0.1, 0.15) is 12.5 Å². The predicted molar refractivity (Wildman–Crippen MR) is 80.8 cm³/mol. The van der Waals surface area contributed by atoms with Gasteiger partial charge < -0.3 is 10.1 Å². The molecule has 0 aliphatic rings. The minimum atomic E-state index is -0.398. The molecule has 0 radical (unpaired) electrons. The minimum Gasteiger partial charge on any atom is -0.437 e. The normalized spacial score (nSPS) is 10.6. The predicted octanol–water partition coefficient (Wildman–Crippen LogP) is 4.54. The summed E-state index contributed by atoms with van der Waals surface area (Å²) in [5.74, 6) is 0.413. The Morgan fingerprint density at radius 3 is 2.95 bits per heavy atom. The van der Waals surface area contributed by atoms with Gasteiger partial charge in [-0.05, 0) is 30.8 Å². The van der Waals surface area contributed by atoms with Crippen LogP contribution >= 0.6 is 27.5 Å². The lowest BCUT2D eigenvalue weighted by molar-refractivity contribution is 0.449. The topological polar surface area (TPSA) is 34.2 Å². The Bertz CT molecular complexity index is 610. The largest absolute Gasteiger partial charge is 0.437 e. The average molecular weight is 360 g/mol. The fourth-order valence-electron chi connectivity index (χ4n) is 1.61. The van der Waals surface area contributed by atoms with Gasteiger partial charge in [-0.3, -0.25) is 0 Å². The summed E-state index contributed by atoms with van der Waals surface area (Å²) in [5, 5.41) is 3.58. The Balaban J connectivity index is 2.30. The van der Waals surface area contributed by atoms with Gasteiger partial charge in [0, 0.05) is 16.6 Å². The van der Waals surface area contributed by atoms with Crippen LogP contribution in [0.4, 0.5) is 4.39 Å². The molecule has 0 fully saturated rings. The molecule has 0 unspecified atom stereocenters. The molecular formula is C14H13BrClFN2O. The molecule has 2 rings (SSSR count). The molecule has 0 amide bonds. The Hall–Kier alpha value is -1.17. The smallest absolute Gasteiger partial charge is 0.223 e. The molecule has 106 valence electrons. The number of hydrogen-bond donors (Lipinski definition) is 1. The van der Waals surface area contributed by atoms with E-state index in [2.05, 4.69) is 26.2 Å². The number of hydrogen-bond acceptors (Lipinski definition) is 3. The molecule has 0 spiro atoms. The maximum absolute atomic E-state index is 13.3. The molecule has 0 aliphatic heterocycles. The molecule has 1 heterocycles. The lowest BCUT2D eigenvalue weighted by Crippen LogP contribution is -2.13. The molecule has 3 nitrogen and oxygen atoms in total. The number of rotatable bonds is 5. The van der Waals surface area contributed by atoms with Crippen molar-refractivity contribution in [2.75, 3.05) is 6.54 Å². The standard InChI is InChI=1S/C14H13BrClFN2O/c1-2-18-7-9-5-11(17)8-19-14(9)20-13-6-10(15)3-4-12(13)16/h3-6,8,18H,2,7H2,1H3. The summed E-state index contributed by atoms with van der Waals surface area (Å²) in [4.78, 5) is 3.99. The highest BCUT2D eigenvalue weighted by Gasteiger charge is 2.11. The molecule has 0 aliphatic carbocycles. The maximum Gasteiger partial charge on any atom is 0.223 e. The van der Waals surface area contributed by atoms with Gasteiger partial charge in [-0.15, -0.1) is 0 Å². The van der Waals surface area contributed by atoms with Gasteiger partial charge in [0.05, 0.1) is 11.2 Å². The lowest BCUT2D eigenvalue weighted by atomic mass is 10.2. The third-order valence-electron chi connectivity index (χ3n) is 2.56. The van der Waals surface area contributed by atoms with Gasteiger partial charge in [0.25, 0.3) is 0 Å². The monoisotopic (exact) mass is 358 g/mol. The van der Waals surface area contributed by atoms with Crippen molar-refractivity contribution in [2.24, 2.45) is 0 Å². The number of nitrogens with zero attached hydrogens (tertiary/aromatic N) is 1. The second-order valence-electron chi connectivity index (χ2n) is 4.07. The van der Waals surface area contributed by atoms with Crippen molar-refractivity contribution in [1.82, 2.24) is 10.3 Å². The average Bonchev–Trinajstić information content (AvgIpc) is 2.43. The molecule has 20 heavy (non-hydrogen) atoms. The molecular weight excluding hydrogens is 347 g/mol. The van der Waals surface area contributed by atoms with Crippen molar-refractivity contribution in [3.63, 3.8) is 0 Å². The van der Waals surface area contributed by atoms with Crippen molar-refractivity contribution in [3.05, 3.63) is 51.3 Å². The number of halogens is 3. The zero-order chi connectivity index (χ0) is 14.5. The summed E-state index contributed by atoms with van der Waals surface area (Å²) in [6, 6.07) is 6.67. The van der Waals surface area contributed by atoms with Gasteiger partial charge in [-0.25, -0.2) is 9.37 Å². The summed E-state index contributed by atoms with van der Waals surface area (Å²) in [5.41, 5.74) is 0.642. The number of benzene rings is 1. The van der Waals surface area contributed by atoms with Crippen molar-refractivity contribution in [3.8, 4) is 11.6 Å². The van der Waals surface area contributed by atoms with Crippen LogP contribution in [-0.2, 0) is 6.54 Å². The van der Waals surface area contributed by atoms with E-state index in [1.807, 2.05) is 13.0 Å². The van der Waals surface area contributed by atoms with E-state index in [0.29, 0.717) is 28.8 Å². The third-order valence-corrected chi connectivity index (χ3v) is 3.36. The van der Waals surface area contributed by atoms with Gasteiger partial charge in [-0.2, -0.15) is 0 Å². The maximum atomic E-state index is 13.3. The van der Waals surface area contributed by atoms with E-state index in [1.54, 1.807) is 12.1 Å². The zero-order valence-corrected chi connectivity index (χ0v) is 13.1. The van der Waals surface area contributed by atoms with Crippen LogP contribution in [0.3, 0.4) is 0 Å². The Kier molecular flexibility index (Phi) is 5.34. The molecule has 0 atom stereocenters. The first kappa shape index (κ1) is 15.2. The van der Waals surface area contributed by atoms with E-state index in [-0.39, 0.29) is 0 Å². The van der Waals surface area contributed by atoms with Crippen LogP contribution < -0.4 is 10.1 Å². The molecule has 0 bridgehead atoms. The van der Waals surface area contributed by atoms with Crippen LogP contribution in [0.15, 0.2) is 34.9 Å². The SMILES string of the molecule is CCNCc1cc(F)cnc1Oc1cc(Br)ccc1Cl. The van der Waals surface area contributed by atoms with E-state index in [9.17, 15) is 4.39 Å². The highest BCUT2D eigenvalue weighted by atomic mass is 79.9. The van der Waals surface area contributed by atoms with Gasteiger partial charge in [0.15, 0.2) is 0 Å². The Morgan fingerprint density at radius 2 is 2.20 bits per heavy atom. The molecule has 0 saturated heterocycles. The molecule has 6 heteroatoms. The summed E-state index contributed by atoms with van der Waals surface area (Å²) >= 11 is 9.42. The first-order chi connectivity index (χ1) is 9.60. The van der Waals surface area contributed by atoms with Gasteiger partial charge in [0.1, 0.15) is 11.6 Å². The van der Waals surface area contributed by atoms with Crippen LogP contribution in [0, 0.1) is 5.82 Å². The van der Waals surface area contributed by atoms with Crippen molar-refractivity contribution >= 4 is 27.5 Å². The second kappa shape index (κ2) is 7.02. The molecule has 1 N–H and O–H groups in total. The fraction of sp³-hybridized carbons (Fsp3) is 0.214. The van der Waals surface area contributed by atoms with Crippen LogP contribution in [0.25, 0.3) is 0 Å². The van der Waals surface area contributed by atoms with Crippen LogP contribution in [0.5, 0.6) is 11.6 Å². The first-order valence-corrected chi connectivity index (χ1v) is 7.25. The van der Waals surface area contributed by atoms with Crippen molar-refractivity contribution in [2.45, 2.75) is 13.5 Å². The van der Waals surface area contributed by atoms with E-state index >= 15 is 0 Å². The van der Waals surface area contributed by atoms with Gasteiger partial charge in [-0.1, -0.05) is 34.5 Å². The molecule has 2 aromatic rings. The molecule has 0 saturated carbocycles. The molecule has 1 aromatic heterocycles. The quantitative estimate of drug-likeness (QED) is 0.851. The minimum absolute atomic E-state index is 0.340. The zero-order valence-electron chi connectivity index (χ0n) is 10.8. The van der Waals surface area contributed by atoms with E-state index in [1.165, 1.54) is 6.07 Å². The number of nitrogens with one attached hydrogen (secondary N) is 1. The number of ether oxygens (including phenoxy) is 1. The van der Waals surface area contributed by atoms with Crippen LogP contribution in [-0.4, -0.2) is 11.5 Å². The fourth-order valence-corrected chi connectivity index (χ4v) is 2.10. The lowest BCUT2D eigenvalue weighted by Gasteiger charge is -2.11. The third kappa shape index (κ3) is 3.91. The summed E-state index contributed by atoms with van der Waals surface area (Å²) < 4.78 is 19.8. The summed E-state index contributed by atoms with van der Waals surface area (Å²) in [6.45, 7) is 3.22. The van der Waals surface area contributed by atoms with Crippen LogP contribution in [0.2, 0.25) is 5.02 Å². The van der Waals surface area contributed by atoms with Gasteiger partial charge >= 0.3 is 0 Å². The van der Waals surface area contributed by atoms with Gasteiger partial charge in [0.2, 0.25) is 5.88 Å². The molecule has 1 aromatic carbocycles. The van der Waals surface area contributed by atoms with Crippen molar-refractivity contribution < 1.29 is 9.13 Å². The summed E-state index contributed by atoms with van der Waals surface area (Å²) in [7, 11) is 0. The second-order valence-corrected chi connectivity index (χ2v) is 5.40. The Morgan fingerprint density at radius 1 is 1.40 bits per heavy atom. The van der Waals surface area contributed by atoms with E-state index < -0.39 is 5.82 Å². The van der Waals surface area contributed by atoms with E-state index in [4.69, 9.17) is 16.3 Å². The van der Waals surface area contributed by atoms with E-state index in [0.717, 1.165) is 17.2 Å².